The molecule has 16 heteroatoms. The summed E-state index contributed by atoms with van der Waals surface area (Å²) in [7, 11) is 0. The third-order valence-electron chi connectivity index (χ3n) is 21.3. The zero-order valence-corrected chi connectivity index (χ0v) is 66.4. The smallest absolute Gasteiger partial charge is 0.229 e. The predicted molar refractivity (Wildman–Crippen MR) is 462 cm³/mol. The van der Waals surface area contributed by atoms with E-state index in [2.05, 4.69) is 164 Å². The van der Waals surface area contributed by atoms with Crippen LogP contribution >= 0.6 is 0 Å². The number of nitrogens with one attached hydrogen (secondary N) is 4. The van der Waals surface area contributed by atoms with E-state index in [1.807, 2.05) is 115 Å². The quantitative estimate of drug-likeness (QED) is 0.0470. The summed E-state index contributed by atoms with van der Waals surface area (Å²) in [6.07, 6.45) is 18.3. The van der Waals surface area contributed by atoms with E-state index in [9.17, 15) is 19.2 Å². The molecule has 4 aliphatic carbocycles. The Balaban J connectivity index is 0.000000127. The van der Waals surface area contributed by atoms with Crippen LogP contribution in [-0.2, 0) is 122 Å². The van der Waals surface area contributed by atoms with Gasteiger partial charge in [-0.2, -0.15) is 0 Å². The lowest BCUT2D eigenvalue weighted by Crippen LogP contribution is -2.19. The van der Waals surface area contributed by atoms with E-state index in [0.29, 0.717) is 49.0 Å². The first kappa shape index (κ1) is 79.1. The molecule has 0 saturated carbocycles. The first-order valence-corrected chi connectivity index (χ1v) is 41.2. The number of benzene rings is 9. The number of aryl methyl sites for hydroxylation is 14. The molecular weight excluding hydrogens is 1420 g/mol. The number of fused-ring (bicyclic) bond motifs is 13. The Morgan fingerprint density at radius 3 is 0.948 bits per heavy atom. The average molecular weight is 1520 g/mol. The van der Waals surface area contributed by atoms with Crippen LogP contribution in [0.25, 0.3) is 55.8 Å². The van der Waals surface area contributed by atoms with Gasteiger partial charge in [0.2, 0.25) is 23.6 Å². The fourth-order valence-electron chi connectivity index (χ4n) is 15.6. The van der Waals surface area contributed by atoms with Gasteiger partial charge in [-0.3, -0.25) is 19.2 Å². The summed E-state index contributed by atoms with van der Waals surface area (Å²) >= 11 is 0. The fraction of sp³-hybridized carbons (Fsp3) is 0.273. The minimum atomic E-state index is -0.0573. The molecule has 0 atom stereocenters. The molecule has 0 spiro atoms. The lowest BCUT2D eigenvalue weighted by atomic mass is 9.91. The van der Waals surface area contributed by atoms with Crippen LogP contribution in [0.2, 0.25) is 0 Å². The zero-order valence-electron chi connectivity index (χ0n) is 66.4. The third-order valence-corrected chi connectivity index (χ3v) is 21.3. The number of carbonyl (C=O) groups excluding carboxylic acids is 4. The highest BCUT2D eigenvalue weighted by Gasteiger charge is 2.27. The molecule has 4 N–H and O–H groups in total. The molecule has 4 heterocycles. The minimum Gasteiger partial charge on any atom is -0.309 e. The Bertz CT molecular complexity index is 5600. The van der Waals surface area contributed by atoms with Crippen LogP contribution in [0.15, 0.2) is 231 Å². The molecule has 115 heavy (non-hydrogen) atoms. The zero-order chi connectivity index (χ0) is 79.2. The van der Waals surface area contributed by atoms with E-state index in [4.69, 9.17) is 39.9 Å². The average Bonchev–Trinajstić information content (AvgIpc) is 0.790. The Morgan fingerprint density at radius 1 is 0.270 bits per heavy atom. The molecule has 17 rings (SSSR count). The Labute approximate surface area is 675 Å². The van der Waals surface area contributed by atoms with E-state index in [-0.39, 0.29) is 23.6 Å². The Kier molecular flexibility index (Phi) is 26.7. The number of aromatic nitrogens is 8. The van der Waals surface area contributed by atoms with E-state index in [1.54, 1.807) is 0 Å². The van der Waals surface area contributed by atoms with Crippen LogP contribution in [0, 0.1) is 0 Å². The number of rotatable bonds is 23. The van der Waals surface area contributed by atoms with Crippen LogP contribution in [-0.4, -0.2) is 63.5 Å². The number of amides is 4. The van der Waals surface area contributed by atoms with Gasteiger partial charge < -0.3 is 21.3 Å². The monoisotopic (exact) mass is 1520 g/mol. The van der Waals surface area contributed by atoms with Crippen molar-refractivity contribution in [2.75, 3.05) is 21.3 Å². The SMILES string of the molecule is CCCc1nc2c(nc1NC(=O)CCCc1ccccc1)CCc1ccccc1-2.CCCc1nc2c(nc1NC(=O)CCc1ccccc1)CCc1ccccc1-2.CCCc1nc2c(nc1NC(=O)Cc1ccc3ccccc3c1)CCc1ccccc1-2.CCCc1nc2c(nc1NC(=O)Cc1ccccc1)CCc1ccccc1-2. The summed E-state index contributed by atoms with van der Waals surface area (Å²) in [5, 5.41) is 14.5. The number of hydrogen-bond acceptors (Lipinski definition) is 12. The standard InChI is InChI=1S/C27H25N3O.C25H27N3O.C24H25N3O.C23H23N3O/c1-2-7-24-27(29-23-15-14-20-9-5-6-11-22(20)26(23)28-24)30-25(31)17-18-12-13-19-8-3-4-10-21(19)16-18;1-2-9-22-25(28-23(29)15-8-12-18-10-4-3-5-11-18)27-21-17-16-19-13-6-7-14-20(19)24(21)26-22;1-2-8-21-24(27-22(28)16-13-17-9-4-3-5-10-17)26-20-15-14-18-11-6-7-12-19(18)23(20)25-21;1-2-8-20-23(26-21(27)15-16-9-4-3-5-10-16)25-19-14-13-17-11-6-7-12-18(17)22(19)24-20/h3-6,8-13,16H,2,7,14-15,17H2,1H3,(H,29,30,31);3-7,10-11,13-14H,2,8-9,12,15-17H2,1H3,(H,27,28,29);3-7,9-12H,2,8,13-16H2,1H3,(H,26,27,28);3-7,9-12H,2,8,13-15H2,1H3,(H,25,26,27). The highest BCUT2D eigenvalue weighted by Crippen LogP contribution is 2.38. The molecule has 0 unspecified atom stereocenters. The summed E-state index contributed by atoms with van der Waals surface area (Å²) < 4.78 is 0. The second kappa shape index (κ2) is 38.8. The van der Waals surface area contributed by atoms with Crippen LogP contribution in [0.3, 0.4) is 0 Å². The van der Waals surface area contributed by atoms with Crippen molar-refractivity contribution in [2.24, 2.45) is 0 Å². The maximum absolute atomic E-state index is 12.9. The van der Waals surface area contributed by atoms with Crippen molar-refractivity contribution >= 4 is 57.7 Å². The molecular formula is C99H100N12O4. The number of carbonyl (C=O) groups is 4. The number of nitrogens with zero attached hydrogens (tertiary/aromatic N) is 8. The molecule has 0 fully saturated rings. The van der Waals surface area contributed by atoms with Crippen LogP contribution in [0.1, 0.15) is 163 Å². The summed E-state index contributed by atoms with van der Waals surface area (Å²) in [5.74, 6) is 2.42. The number of hydrogen-bond donors (Lipinski definition) is 4. The summed E-state index contributed by atoms with van der Waals surface area (Å²) in [6.45, 7) is 8.48. The van der Waals surface area contributed by atoms with Crippen molar-refractivity contribution in [1.82, 2.24) is 39.9 Å². The van der Waals surface area contributed by atoms with E-state index in [0.717, 1.165) is 207 Å². The maximum atomic E-state index is 12.9. The number of anilines is 4. The van der Waals surface area contributed by atoms with Gasteiger partial charge in [-0.05, 0) is 152 Å². The van der Waals surface area contributed by atoms with Crippen LogP contribution in [0.5, 0.6) is 0 Å². The lowest BCUT2D eigenvalue weighted by Gasteiger charge is -2.20. The summed E-state index contributed by atoms with van der Waals surface area (Å²) in [4.78, 5) is 89.6. The van der Waals surface area contributed by atoms with Crippen LogP contribution < -0.4 is 21.3 Å². The third kappa shape index (κ3) is 20.3. The van der Waals surface area contributed by atoms with Crippen molar-refractivity contribution in [3.8, 4) is 45.0 Å². The van der Waals surface area contributed by atoms with Crippen molar-refractivity contribution in [3.05, 3.63) is 321 Å². The van der Waals surface area contributed by atoms with E-state index in [1.165, 1.54) is 61.0 Å². The van der Waals surface area contributed by atoms with Gasteiger partial charge in [-0.25, -0.2) is 39.9 Å². The molecule has 4 aliphatic rings. The molecule has 9 aromatic carbocycles. The van der Waals surface area contributed by atoms with Gasteiger partial charge in [0.15, 0.2) is 23.3 Å². The molecule has 4 amide bonds. The van der Waals surface area contributed by atoms with Gasteiger partial charge >= 0.3 is 0 Å². The van der Waals surface area contributed by atoms with Crippen molar-refractivity contribution in [3.63, 3.8) is 0 Å². The fourth-order valence-corrected chi connectivity index (χ4v) is 15.6. The predicted octanol–water partition coefficient (Wildman–Crippen LogP) is 19.8. The molecule has 0 aliphatic heterocycles. The van der Waals surface area contributed by atoms with Gasteiger partial charge in [-0.15, -0.1) is 0 Å². The van der Waals surface area contributed by atoms with Gasteiger partial charge in [0.1, 0.15) is 0 Å². The Morgan fingerprint density at radius 2 is 0.574 bits per heavy atom. The topological polar surface area (TPSA) is 220 Å². The highest BCUT2D eigenvalue weighted by atomic mass is 16.2. The summed E-state index contributed by atoms with van der Waals surface area (Å²) in [6, 6.07) is 78.1. The molecule has 4 aromatic heterocycles. The molecule has 13 aromatic rings. The molecule has 0 saturated heterocycles. The second-order valence-electron chi connectivity index (χ2n) is 29.9. The molecule has 16 nitrogen and oxygen atoms in total. The normalized spacial score (nSPS) is 12.2. The largest absolute Gasteiger partial charge is 0.309 e. The van der Waals surface area contributed by atoms with E-state index >= 15 is 0 Å². The molecule has 0 bridgehead atoms. The van der Waals surface area contributed by atoms with Crippen LogP contribution in [0.4, 0.5) is 23.3 Å². The van der Waals surface area contributed by atoms with E-state index < -0.39 is 0 Å². The molecule has 0 radical (unpaired) electrons. The maximum Gasteiger partial charge on any atom is 0.229 e. The summed E-state index contributed by atoms with van der Waals surface area (Å²) in [5.41, 5.74) is 25.7. The lowest BCUT2D eigenvalue weighted by molar-refractivity contribution is -0.117. The van der Waals surface area contributed by atoms with Gasteiger partial charge in [0, 0.05) is 35.1 Å². The van der Waals surface area contributed by atoms with Gasteiger partial charge in [0.05, 0.1) is 81.2 Å². The first-order valence-electron chi connectivity index (χ1n) is 41.2. The van der Waals surface area contributed by atoms with Crippen molar-refractivity contribution < 1.29 is 19.2 Å². The highest BCUT2D eigenvalue weighted by molar-refractivity contribution is 5.95. The first-order chi connectivity index (χ1) is 56.4. The second-order valence-corrected chi connectivity index (χ2v) is 29.9. The van der Waals surface area contributed by atoms with Gasteiger partial charge in [0.25, 0.3) is 0 Å². The molecule has 580 valence electrons. The minimum absolute atomic E-state index is 0.00772. The Hall–Kier alpha value is -12.6. The van der Waals surface area contributed by atoms with Crippen molar-refractivity contribution in [2.45, 2.75) is 175 Å². The van der Waals surface area contributed by atoms with Crippen molar-refractivity contribution in [1.29, 1.82) is 0 Å². The van der Waals surface area contributed by atoms with Gasteiger partial charge in [-0.1, -0.05) is 284 Å².